The molecule has 0 aromatic rings. The average Bonchev–Trinajstić information content (AvgIpc) is 2.71. The lowest BCUT2D eigenvalue weighted by atomic mass is 10.0. The van der Waals surface area contributed by atoms with Gasteiger partial charge in [0.2, 0.25) is 0 Å². The van der Waals surface area contributed by atoms with Gasteiger partial charge in [0.05, 0.1) is 18.4 Å². The van der Waals surface area contributed by atoms with Crippen LogP contribution in [0, 0.1) is 0 Å². The van der Waals surface area contributed by atoms with Crippen molar-refractivity contribution in [3.05, 3.63) is 0 Å². The fourth-order valence-corrected chi connectivity index (χ4v) is 1.90. The molecule has 2 heterocycles. The number of nitrogens with two attached hydrogens (primary N) is 2. The molecule has 7 N–H and O–H groups in total. The largest absolute Gasteiger partial charge is 0.375 e. The summed E-state index contributed by atoms with van der Waals surface area (Å²) in [5.74, 6) is 0. The molecular formula is C8H14N6O2S2. The second-order valence-electron chi connectivity index (χ2n) is 3.86. The number of hydrogen-bond acceptors (Lipinski definition) is 6. The maximum Gasteiger partial charge on any atom is 0.199 e. The first kappa shape index (κ1) is 13.4. The van der Waals surface area contributed by atoms with Crippen molar-refractivity contribution in [1.29, 1.82) is 0 Å². The lowest BCUT2D eigenvalue weighted by Crippen LogP contribution is -2.55. The Kier molecular flexibility index (Phi) is 4.24. The Morgan fingerprint density at radius 2 is 2.11 bits per heavy atom. The molecule has 2 saturated heterocycles. The highest BCUT2D eigenvalue weighted by atomic mass is 32.1. The predicted molar refractivity (Wildman–Crippen MR) is 73.4 cm³/mol. The van der Waals surface area contributed by atoms with Crippen molar-refractivity contribution < 1.29 is 9.47 Å². The Labute approximate surface area is 114 Å². The van der Waals surface area contributed by atoms with Crippen LogP contribution in [-0.4, -0.2) is 41.0 Å². The van der Waals surface area contributed by atoms with E-state index in [1.165, 1.54) is 0 Å². The number of nitrogens with zero attached hydrogens (tertiary/aromatic N) is 1. The van der Waals surface area contributed by atoms with E-state index in [0.29, 0.717) is 18.7 Å². The first-order chi connectivity index (χ1) is 8.56. The minimum Gasteiger partial charge on any atom is -0.375 e. The van der Waals surface area contributed by atoms with Crippen molar-refractivity contribution in [2.24, 2.45) is 16.6 Å². The zero-order chi connectivity index (χ0) is 13.1. The van der Waals surface area contributed by atoms with Crippen LogP contribution < -0.4 is 27.7 Å². The molecule has 100 valence electrons. The summed E-state index contributed by atoms with van der Waals surface area (Å²) in [4.78, 5) is 0. The van der Waals surface area contributed by atoms with E-state index in [1.807, 2.05) is 0 Å². The molecule has 3 atom stereocenters. The summed E-state index contributed by atoms with van der Waals surface area (Å²) in [5, 5.41) is 4.31. The second kappa shape index (κ2) is 5.71. The summed E-state index contributed by atoms with van der Waals surface area (Å²) in [6, 6.07) is -0.0443. The van der Waals surface area contributed by atoms with Gasteiger partial charge in [-0.05, 0) is 24.4 Å². The van der Waals surface area contributed by atoms with Crippen molar-refractivity contribution in [3.8, 4) is 0 Å². The Morgan fingerprint density at radius 1 is 1.33 bits per heavy atom. The normalized spacial score (nSPS) is 32.2. The highest BCUT2D eigenvalue weighted by Crippen LogP contribution is 2.25. The van der Waals surface area contributed by atoms with Crippen LogP contribution in [0.3, 0.4) is 0 Å². The SMILES string of the molecule is NC(=S)N/N=C1/C[C@@H](NNC(N)=S)[C@@H]2CO[C@H]1O2. The Morgan fingerprint density at radius 3 is 2.78 bits per heavy atom. The molecule has 2 rings (SSSR count). The van der Waals surface area contributed by atoms with E-state index >= 15 is 0 Å². The lowest BCUT2D eigenvalue weighted by Gasteiger charge is -2.29. The smallest absolute Gasteiger partial charge is 0.199 e. The van der Waals surface area contributed by atoms with Gasteiger partial charge in [0.1, 0.15) is 6.10 Å². The van der Waals surface area contributed by atoms with Gasteiger partial charge in [0, 0.05) is 6.42 Å². The Hall–Kier alpha value is -1.07. The fourth-order valence-electron chi connectivity index (χ4n) is 1.79. The number of hydrogen-bond donors (Lipinski definition) is 5. The molecular weight excluding hydrogens is 276 g/mol. The molecule has 0 unspecified atom stereocenters. The summed E-state index contributed by atoms with van der Waals surface area (Å²) in [6.45, 7) is 0.480. The van der Waals surface area contributed by atoms with Crippen LogP contribution >= 0.6 is 24.4 Å². The van der Waals surface area contributed by atoms with Crippen LogP contribution in [0.25, 0.3) is 0 Å². The van der Waals surface area contributed by atoms with Gasteiger partial charge in [-0.3, -0.25) is 10.9 Å². The minimum absolute atomic E-state index is 0.0443. The third-order valence-corrected chi connectivity index (χ3v) is 2.74. The van der Waals surface area contributed by atoms with E-state index in [4.69, 9.17) is 33.2 Å². The Balaban J connectivity index is 1.98. The van der Waals surface area contributed by atoms with Crippen molar-refractivity contribution >= 4 is 40.4 Å². The van der Waals surface area contributed by atoms with Gasteiger partial charge in [-0.15, -0.1) is 0 Å². The van der Waals surface area contributed by atoms with E-state index in [0.717, 1.165) is 0 Å². The van der Waals surface area contributed by atoms with Crippen molar-refractivity contribution in [2.75, 3.05) is 6.61 Å². The van der Waals surface area contributed by atoms with Gasteiger partial charge in [-0.25, -0.2) is 5.43 Å². The molecule has 0 aliphatic carbocycles. The van der Waals surface area contributed by atoms with Crippen LogP contribution in [0.15, 0.2) is 5.10 Å². The molecule has 0 aromatic heterocycles. The van der Waals surface area contributed by atoms with Crippen molar-refractivity contribution in [3.63, 3.8) is 0 Å². The number of fused-ring (bicyclic) bond motifs is 2. The third-order valence-electron chi connectivity index (χ3n) is 2.55. The first-order valence-electron chi connectivity index (χ1n) is 5.26. The number of rotatable bonds is 3. The van der Waals surface area contributed by atoms with Crippen LogP contribution in [-0.2, 0) is 9.47 Å². The highest BCUT2D eigenvalue weighted by molar-refractivity contribution is 7.80. The van der Waals surface area contributed by atoms with Gasteiger partial charge in [-0.2, -0.15) is 5.10 Å². The standard InChI is InChI=1S/C8H14N6O2S2/c9-7(17)13-11-3-1-4(12-14-8(10)18)6-15-2-5(3)16-6/h3,5-6,11H,1-2H2,(H3,9,13,17)(H3,10,14,18)/b12-4-/t3-,5+,6+/m1/s1. The summed E-state index contributed by atoms with van der Waals surface area (Å²) >= 11 is 9.40. The van der Waals surface area contributed by atoms with Crippen LogP contribution in [0.5, 0.6) is 0 Å². The average molecular weight is 290 g/mol. The third kappa shape index (κ3) is 3.23. The molecule has 0 saturated carbocycles. The van der Waals surface area contributed by atoms with Gasteiger partial charge >= 0.3 is 0 Å². The van der Waals surface area contributed by atoms with E-state index in [1.54, 1.807) is 0 Å². The summed E-state index contributed by atoms with van der Waals surface area (Å²) in [6.07, 6.45) is 0.0981. The maximum absolute atomic E-state index is 5.62. The molecule has 0 spiro atoms. The van der Waals surface area contributed by atoms with E-state index < -0.39 is 6.29 Å². The zero-order valence-corrected chi connectivity index (χ0v) is 11.0. The minimum atomic E-state index is -0.445. The number of hydrazine groups is 1. The molecule has 2 aliphatic rings. The fraction of sp³-hybridized carbons (Fsp3) is 0.625. The van der Waals surface area contributed by atoms with Crippen LogP contribution in [0.1, 0.15) is 6.42 Å². The van der Waals surface area contributed by atoms with Gasteiger partial charge in [0.25, 0.3) is 0 Å². The molecule has 0 radical (unpaired) electrons. The lowest BCUT2D eigenvalue weighted by molar-refractivity contribution is -0.0263. The first-order valence-corrected chi connectivity index (χ1v) is 6.08. The molecule has 2 fully saturated rings. The van der Waals surface area contributed by atoms with Crippen molar-refractivity contribution in [2.45, 2.75) is 24.9 Å². The van der Waals surface area contributed by atoms with Crippen LogP contribution in [0.4, 0.5) is 0 Å². The molecule has 2 aliphatic heterocycles. The van der Waals surface area contributed by atoms with Crippen molar-refractivity contribution in [1.82, 2.24) is 16.3 Å². The van der Waals surface area contributed by atoms with E-state index in [2.05, 4.69) is 33.6 Å². The van der Waals surface area contributed by atoms with Gasteiger partial charge < -0.3 is 20.9 Å². The topological polar surface area (TPSA) is 119 Å². The number of ether oxygens (including phenoxy) is 2. The zero-order valence-electron chi connectivity index (χ0n) is 9.38. The Bertz CT molecular complexity index is 390. The maximum atomic E-state index is 5.62. The quantitative estimate of drug-likeness (QED) is 0.298. The highest BCUT2D eigenvalue weighted by Gasteiger charge is 2.42. The summed E-state index contributed by atoms with van der Waals surface area (Å²) in [5.41, 5.74) is 19.5. The molecule has 0 amide bonds. The number of hydrazone groups is 1. The van der Waals surface area contributed by atoms with E-state index in [9.17, 15) is 0 Å². The number of thiocarbonyl (C=S) groups is 2. The molecule has 0 aromatic carbocycles. The monoisotopic (exact) mass is 290 g/mol. The van der Waals surface area contributed by atoms with Gasteiger partial charge in [-0.1, -0.05) is 0 Å². The number of nitrogens with one attached hydrogen (secondary N) is 3. The summed E-state index contributed by atoms with van der Waals surface area (Å²) < 4.78 is 11.1. The second-order valence-corrected chi connectivity index (χ2v) is 4.74. The molecule has 10 heteroatoms. The molecule has 8 nitrogen and oxygen atoms in total. The predicted octanol–water partition coefficient (Wildman–Crippen LogP) is -1.97. The molecule has 2 bridgehead atoms. The van der Waals surface area contributed by atoms with E-state index in [-0.39, 0.29) is 22.4 Å². The summed E-state index contributed by atoms with van der Waals surface area (Å²) in [7, 11) is 0. The molecule has 18 heavy (non-hydrogen) atoms. The van der Waals surface area contributed by atoms with Crippen LogP contribution in [0.2, 0.25) is 0 Å². The van der Waals surface area contributed by atoms with Gasteiger partial charge in [0.15, 0.2) is 16.5 Å².